The molecular weight excluding hydrogens is 360 g/mol. The summed E-state index contributed by atoms with van der Waals surface area (Å²) in [5, 5.41) is 18.9. The zero-order chi connectivity index (χ0) is 21.2. The van der Waals surface area contributed by atoms with Crippen LogP contribution in [0, 0.1) is 0 Å². The molecule has 0 fully saturated rings. The fraction of sp³-hybridized carbons (Fsp3) is 0.654. The number of carboxylic acids is 1. The number of allylic oxidation sites excluding steroid dienone is 2. The van der Waals surface area contributed by atoms with Gasteiger partial charge in [0.05, 0.1) is 0 Å². The largest absolute Gasteiger partial charge is 0.507 e. The second-order valence-corrected chi connectivity index (χ2v) is 8.13. The van der Waals surface area contributed by atoms with Crippen LogP contribution in [0.1, 0.15) is 119 Å². The van der Waals surface area contributed by atoms with Gasteiger partial charge in [-0.15, -0.1) is 0 Å². The van der Waals surface area contributed by atoms with Gasteiger partial charge < -0.3 is 10.2 Å². The Kier molecular flexibility index (Phi) is 14.9. The molecule has 3 nitrogen and oxygen atoms in total. The number of carboxylic acid groups (broad SMARTS) is 1. The zero-order valence-electron chi connectivity index (χ0n) is 18.5. The summed E-state index contributed by atoms with van der Waals surface area (Å²) < 4.78 is 0. The number of phenols is 1. The molecule has 2 N–H and O–H groups in total. The van der Waals surface area contributed by atoms with E-state index in [1.807, 2.05) is 6.07 Å². The van der Waals surface area contributed by atoms with Gasteiger partial charge in [-0.25, -0.2) is 4.79 Å². The molecule has 1 rings (SSSR count). The minimum Gasteiger partial charge on any atom is -0.507 e. The van der Waals surface area contributed by atoms with Crippen LogP contribution in [-0.4, -0.2) is 16.2 Å². The van der Waals surface area contributed by atoms with Gasteiger partial charge in [0.15, 0.2) is 0 Å². The summed E-state index contributed by atoms with van der Waals surface area (Å²) in [5.74, 6) is -1.17. The van der Waals surface area contributed by atoms with Crippen molar-refractivity contribution in [2.75, 3.05) is 0 Å². The first-order valence-electron chi connectivity index (χ1n) is 11.9. The minimum atomic E-state index is -1.04. The Morgan fingerprint density at radius 2 is 1.31 bits per heavy atom. The van der Waals surface area contributed by atoms with Crippen LogP contribution in [0.5, 0.6) is 5.75 Å². The lowest BCUT2D eigenvalue weighted by Crippen LogP contribution is -2.03. The highest BCUT2D eigenvalue weighted by Gasteiger charge is 2.14. The maximum Gasteiger partial charge on any atom is 0.339 e. The van der Waals surface area contributed by atoms with Crippen molar-refractivity contribution in [2.45, 2.75) is 110 Å². The van der Waals surface area contributed by atoms with E-state index in [0.717, 1.165) is 31.2 Å². The number of hydrogen-bond acceptors (Lipinski definition) is 2. The maximum atomic E-state index is 11.3. The van der Waals surface area contributed by atoms with Gasteiger partial charge in [-0.1, -0.05) is 102 Å². The standard InChI is InChI=1S/C26H42O3/c1-2-3-4-5-6-7-8-9-10-11-12-13-14-15-16-17-18-20-23-21-19-22-24(27)25(23)26(28)29/h3-4,19,21-22,27H,2,5-18,20H2,1H3,(H,28,29)/b4-3-. The van der Waals surface area contributed by atoms with Crippen molar-refractivity contribution in [3.63, 3.8) is 0 Å². The van der Waals surface area contributed by atoms with Gasteiger partial charge in [0.1, 0.15) is 11.3 Å². The predicted octanol–water partition coefficient (Wildman–Crippen LogP) is 8.06. The van der Waals surface area contributed by atoms with E-state index >= 15 is 0 Å². The molecule has 0 saturated heterocycles. The molecule has 0 radical (unpaired) electrons. The van der Waals surface area contributed by atoms with Gasteiger partial charge in [-0.2, -0.15) is 0 Å². The lowest BCUT2D eigenvalue weighted by molar-refractivity contribution is 0.0692. The summed E-state index contributed by atoms with van der Waals surface area (Å²) in [7, 11) is 0. The lowest BCUT2D eigenvalue weighted by Gasteiger charge is -2.08. The number of rotatable bonds is 18. The van der Waals surface area contributed by atoms with E-state index in [-0.39, 0.29) is 11.3 Å². The van der Waals surface area contributed by atoms with Crippen molar-refractivity contribution in [3.05, 3.63) is 41.5 Å². The summed E-state index contributed by atoms with van der Waals surface area (Å²) >= 11 is 0. The van der Waals surface area contributed by atoms with E-state index < -0.39 is 5.97 Å². The second-order valence-electron chi connectivity index (χ2n) is 8.13. The molecule has 29 heavy (non-hydrogen) atoms. The maximum absolute atomic E-state index is 11.3. The quantitative estimate of drug-likeness (QED) is 0.193. The molecule has 0 aromatic heterocycles. The van der Waals surface area contributed by atoms with Crippen LogP contribution in [-0.2, 0) is 6.42 Å². The Morgan fingerprint density at radius 3 is 1.83 bits per heavy atom. The smallest absolute Gasteiger partial charge is 0.339 e. The number of hydrogen-bond donors (Lipinski definition) is 2. The highest BCUT2D eigenvalue weighted by atomic mass is 16.4. The van der Waals surface area contributed by atoms with Crippen LogP contribution < -0.4 is 0 Å². The Hall–Kier alpha value is -1.77. The van der Waals surface area contributed by atoms with Gasteiger partial charge in [-0.3, -0.25) is 0 Å². The molecule has 0 aliphatic heterocycles. The number of benzene rings is 1. The van der Waals surface area contributed by atoms with Gasteiger partial charge >= 0.3 is 5.97 Å². The molecule has 0 unspecified atom stereocenters. The van der Waals surface area contributed by atoms with Crippen LogP contribution in [0.3, 0.4) is 0 Å². The second kappa shape index (κ2) is 17.1. The number of aryl methyl sites for hydroxylation is 1. The Balaban J connectivity index is 1.90. The summed E-state index contributed by atoms with van der Waals surface area (Å²) in [6, 6.07) is 4.98. The Morgan fingerprint density at radius 1 is 0.793 bits per heavy atom. The first kappa shape index (κ1) is 25.3. The molecule has 0 heterocycles. The lowest BCUT2D eigenvalue weighted by atomic mass is 9.99. The molecule has 0 spiro atoms. The molecule has 3 heteroatoms. The van der Waals surface area contributed by atoms with Crippen molar-refractivity contribution in [2.24, 2.45) is 0 Å². The van der Waals surface area contributed by atoms with E-state index in [2.05, 4.69) is 19.1 Å². The average molecular weight is 403 g/mol. The van der Waals surface area contributed by atoms with Crippen molar-refractivity contribution in [1.82, 2.24) is 0 Å². The summed E-state index contributed by atoms with van der Waals surface area (Å²) in [6.07, 6.45) is 24.6. The summed E-state index contributed by atoms with van der Waals surface area (Å²) in [4.78, 5) is 11.3. The Labute approximate surface area is 178 Å². The van der Waals surface area contributed by atoms with Gasteiger partial charge in [0, 0.05) is 0 Å². The molecule has 0 bridgehead atoms. The topological polar surface area (TPSA) is 57.5 Å². The molecule has 1 aromatic carbocycles. The van der Waals surface area contributed by atoms with Crippen LogP contribution in [0.2, 0.25) is 0 Å². The third-order valence-electron chi connectivity index (χ3n) is 5.56. The van der Waals surface area contributed by atoms with Crippen LogP contribution >= 0.6 is 0 Å². The van der Waals surface area contributed by atoms with Crippen molar-refractivity contribution in [1.29, 1.82) is 0 Å². The first-order chi connectivity index (χ1) is 14.2. The normalized spacial score (nSPS) is 11.3. The summed E-state index contributed by atoms with van der Waals surface area (Å²) in [6.45, 7) is 2.19. The van der Waals surface area contributed by atoms with E-state index in [1.165, 1.54) is 83.1 Å². The van der Waals surface area contributed by atoms with Crippen molar-refractivity contribution in [3.8, 4) is 5.75 Å². The van der Waals surface area contributed by atoms with E-state index in [0.29, 0.717) is 0 Å². The highest BCUT2D eigenvalue weighted by Crippen LogP contribution is 2.23. The molecule has 0 atom stereocenters. The first-order valence-corrected chi connectivity index (χ1v) is 11.9. The Bertz CT molecular complexity index is 577. The van der Waals surface area contributed by atoms with E-state index in [9.17, 15) is 15.0 Å². The van der Waals surface area contributed by atoms with Crippen LogP contribution in [0.15, 0.2) is 30.4 Å². The average Bonchev–Trinajstić information content (AvgIpc) is 2.70. The number of aromatic carboxylic acids is 1. The van der Waals surface area contributed by atoms with E-state index in [4.69, 9.17) is 0 Å². The van der Waals surface area contributed by atoms with Gasteiger partial charge in [0.2, 0.25) is 0 Å². The fourth-order valence-corrected chi connectivity index (χ4v) is 3.85. The molecule has 0 aliphatic rings. The SMILES string of the molecule is CC/C=C\CCCCCCCCCCCCCCCc1cccc(O)c1C(=O)O. The monoisotopic (exact) mass is 402 g/mol. The van der Waals surface area contributed by atoms with Crippen LogP contribution in [0.4, 0.5) is 0 Å². The minimum absolute atomic E-state index is 0.0702. The molecular formula is C26H42O3. The van der Waals surface area contributed by atoms with E-state index in [1.54, 1.807) is 6.07 Å². The summed E-state index contributed by atoms with van der Waals surface area (Å²) in [5.41, 5.74) is 0.816. The molecule has 0 aliphatic carbocycles. The van der Waals surface area contributed by atoms with Crippen molar-refractivity contribution >= 4 is 5.97 Å². The molecule has 0 saturated carbocycles. The van der Waals surface area contributed by atoms with Gasteiger partial charge in [0.25, 0.3) is 0 Å². The number of aromatic hydroxyl groups is 1. The predicted molar refractivity (Wildman–Crippen MR) is 123 cm³/mol. The third kappa shape index (κ3) is 12.4. The van der Waals surface area contributed by atoms with Gasteiger partial charge in [-0.05, 0) is 43.7 Å². The highest BCUT2D eigenvalue weighted by molar-refractivity contribution is 5.92. The molecule has 0 amide bonds. The fourth-order valence-electron chi connectivity index (χ4n) is 3.85. The number of unbranched alkanes of at least 4 members (excludes halogenated alkanes) is 13. The third-order valence-corrected chi connectivity index (χ3v) is 5.56. The van der Waals surface area contributed by atoms with Crippen LogP contribution in [0.25, 0.3) is 0 Å². The van der Waals surface area contributed by atoms with Crippen molar-refractivity contribution < 1.29 is 15.0 Å². The molecule has 164 valence electrons. The zero-order valence-corrected chi connectivity index (χ0v) is 18.5. The molecule has 1 aromatic rings. The number of carbonyl (C=O) groups is 1.